The molecule has 0 saturated carbocycles. The normalized spacial score (nSPS) is 11.1. The zero-order valence-electron chi connectivity index (χ0n) is 6.62. The SMILES string of the molecule is c1ccc2nc3nnnn3cc2c1. The highest BCUT2D eigenvalue weighted by atomic mass is 15.5. The van der Waals surface area contributed by atoms with E-state index < -0.39 is 0 Å². The van der Waals surface area contributed by atoms with Gasteiger partial charge in [-0.3, -0.25) is 0 Å². The van der Waals surface area contributed by atoms with Gasteiger partial charge in [0.15, 0.2) is 0 Å². The lowest BCUT2D eigenvalue weighted by atomic mass is 10.2. The molecule has 2 aromatic heterocycles. The number of para-hydroxylation sites is 1. The monoisotopic (exact) mass is 171 g/mol. The Morgan fingerprint density at radius 1 is 1.15 bits per heavy atom. The van der Waals surface area contributed by atoms with E-state index in [1.165, 1.54) is 0 Å². The minimum atomic E-state index is 0.527. The summed E-state index contributed by atoms with van der Waals surface area (Å²) in [5, 5.41) is 12.1. The maximum atomic E-state index is 4.26. The van der Waals surface area contributed by atoms with Crippen LogP contribution in [0.4, 0.5) is 0 Å². The zero-order chi connectivity index (χ0) is 8.67. The smallest absolute Gasteiger partial charge is 0.210 e. The van der Waals surface area contributed by atoms with Crippen molar-refractivity contribution in [3.8, 4) is 0 Å². The van der Waals surface area contributed by atoms with Gasteiger partial charge in [0.1, 0.15) is 0 Å². The van der Waals surface area contributed by atoms with Gasteiger partial charge in [0.05, 0.1) is 5.52 Å². The van der Waals surface area contributed by atoms with Crippen LogP contribution in [0, 0.1) is 0 Å². The molecule has 13 heavy (non-hydrogen) atoms. The van der Waals surface area contributed by atoms with Crippen molar-refractivity contribution in [2.75, 3.05) is 0 Å². The van der Waals surface area contributed by atoms with E-state index in [4.69, 9.17) is 0 Å². The number of hydrogen-bond donors (Lipinski definition) is 0. The molecule has 5 nitrogen and oxygen atoms in total. The number of fused-ring (bicyclic) bond motifs is 2. The number of hydrogen-bond acceptors (Lipinski definition) is 4. The van der Waals surface area contributed by atoms with Crippen LogP contribution in [0.2, 0.25) is 0 Å². The molecule has 0 spiro atoms. The van der Waals surface area contributed by atoms with E-state index in [1.807, 2.05) is 30.5 Å². The molecule has 2 heterocycles. The predicted octanol–water partition coefficient (Wildman–Crippen LogP) is 0.672. The Kier molecular flexibility index (Phi) is 1.11. The number of nitrogens with zero attached hydrogens (tertiary/aromatic N) is 5. The second kappa shape index (κ2) is 2.22. The molecule has 0 bridgehead atoms. The molecule has 0 N–H and O–H groups in total. The summed E-state index contributed by atoms with van der Waals surface area (Å²) in [6.07, 6.45) is 1.86. The molecule has 0 amide bonds. The molecule has 3 rings (SSSR count). The van der Waals surface area contributed by atoms with E-state index in [-0.39, 0.29) is 0 Å². The summed E-state index contributed by atoms with van der Waals surface area (Å²) in [5.74, 6) is 0.527. The molecule has 1 aromatic carbocycles. The van der Waals surface area contributed by atoms with Crippen molar-refractivity contribution in [2.45, 2.75) is 0 Å². The zero-order valence-corrected chi connectivity index (χ0v) is 6.62. The van der Waals surface area contributed by atoms with E-state index >= 15 is 0 Å². The Bertz CT molecular complexity index is 521. The van der Waals surface area contributed by atoms with Crippen LogP contribution in [0.1, 0.15) is 0 Å². The molecule has 0 aliphatic carbocycles. The number of benzene rings is 1. The van der Waals surface area contributed by atoms with Crippen molar-refractivity contribution in [1.29, 1.82) is 0 Å². The third-order valence-electron chi connectivity index (χ3n) is 1.89. The summed E-state index contributed by atoms with van der Waals surface area (Å²) in [7, 11) is 0. The molecule has 0 fully saturated rings. The van der Waals surface area contributed by atoms with Crippen LogP contribution in [0.3, 0.4) is 0 Å². The maximum absolute atomic E-state index is 4.26. The fourth-order valence-corrected chi connectivity index (χ4v) is 1.28. The average molecular weight is 171 g/mol. The van der Waals surface area contributed by atoms with Gasteiger partial charge in [0, 0.05) is 11.6 Å². The first-order valence-corrected chi connectivity index (χ1v) is 3.87. The fourth-order valence-electron chi connectivity index (χ4n) is 1.28. The molecule has 0 radical (unpaired) electrons. The highest BCUT2D eigenvalue weighted by molar-refractivity contribution is 5.78. The molecule has 5 heteroatoms. The van der Waals surface area contributed by atoms with E-state index in [1.54, 1.807) is 4.52 Å². The second-order valence-corrected chi connectivity index (χ2v) is 2.72. The minimum absolute atomic E-state index is 0.527. The highest BCUT2D eigenvalue weighted by Crippen LogP contribution is 2.09. The van der Waals surface area contributed by atoms with Gasteiger partial charge in [-0.1, -0.05) is 23.3 Å². The fraction of sp³-hybridized carbons (Fsp3) is 0. The number of rotatable bonds is 0. The second-order valence-electron chi connectivity index (χ2n) is 2.72. The van der Waals surface area contributed by atoms with Crippen LogP contribution >= 0.6 is 0 Å². The molecule has 0 aliphatic rings. The standard InChI is InChI=1S/C8H5N5/c1-2-4-7-6(3-1)5-13-8(9-7)10-11-12-13/h1-5H. The van der Waals surface area contributed by atoms with Crippen molar-refractivity contribution in [2.24, 2.45) is 0 Å². The van der Waals surface area contributed by atoms with Gasteiger partial charge in [0.2, 0.25) is 0 Å². The van der Waals surface area contributed by atoms with Crippen LogP contribution in [-0.4, -0.2) is 25.0 Å². The van der Waals surface area contributed by atoms with E-state index in [0.717, 1.165) is 10.9 Å². The quantitative estimate of drug-likeness (QED) is 0.499. The highest BCUT2D eigenvalue weighted by Gasteiger charge is 1.99. The largest absolute Gasteiger partial charge is 0.273 e. The first-order chi connectivity index (χ1) is 6.43. The molecular formula is C8H5N5. The van der Waals surface area contributed by atoms with Gasteiger partial charge in [-0.2, -0.15) is 4.52 Å². The number of tetrazole rings is 1. The third kappa shape index (κ3) is 0.868. The Hall–Kier alpha value is -2.04. The molecule has 0 unspecified atom stereocenters. The molecule has 62 valence electrons. The third-order valence-corrected chi connectivity index (χ3v) is 1.89. The van der Waals surface area contributed by atoms with Crippen molar-refractivity contribution in [1.82, 2.24) is 25.0 Å². The molecule has 0 aliphatic heterocycles. The van der Waals surface area contributed by atoms with Crippen LogP contribution in [0.5, 0.6) is 0 Å². The lowest BCUT2D eigenvalue weighted by molar-refractivity contribution is 0.824. The molecule has 0 saturated heterocycles. The summed E-state index contributed by atoms with van der Waals surface area (Å²) in [6, 6.07) is 7.81. The Morgan fingerprint density at radius 3 is 3.08 bits per heavy atom. The van der Waals surface area contributed by atoms with E-state index in [2.05, 4.69) is 20.5 Å². The molecule has 0 atom stereocenters. The summed E-state index contributed by atoms with van der Waals surface area (Å²) in [6.45, 7) is 0. The van der Waals surface area contributed by atoms with Gasteiger partial charge in [-0.15, -0.1) is 0 Å². The Labute approximate surface area is 73.0 Å². The van der Waals surface area contributed by atoms with Gasteiger partial charge in [0.25, 0.3) is 5.78 Å². The average Bonchev–Trinajstić information content (AvgIpc) is 2.61. The van der Waals surface area contributed by atoms with Gasteiger partial charge in [-0.05, 0) is 16.5 Å². The van der Waals surface area contributed by atoms with Crippen LogP contribution in [-0.2, 0) is 0 Å². The Balaban J connectivity index is 2.57. The molecular weight excluding hydrogens is 166 g/mol. The Morgan fingerprint density at radius 2 is 2.08 bits per heavy atom. The number of aromatic nitrogens is 5. The summed E-state index contributed by atoms with van der Waals surface area (Å²) >= 11 is 0. The first-order valence-electron chi connectivity index (χ1n) is 3.87. The van der Waals surface area contributed by atoms with Crippen molar-refractivity contribution >= 4 is 16.7 Å². The topological polar surface area (TPSA) is 56.0 Å². The summed E-state index contributed by atoms with van der Waals surface area (Å²) < 4.78 is 1.56. The molecule has 3 aromatic rings. The lowest BCUT2D eigenvalue weighted by Gasteiger charge is -1.94. The minimum Gasteiger partial charge on any atom is -0.210 e. The van der Waals surface area contributed by atoms with E-state index in [0.29, 0.717) is 5.78 Å². The van der Waals surface area contributed by atoms with Crippen LogP contribution in [0.25, 0.3) is 16.7 Å². The van der Waals surface area contributed by atoms with Gasteiger partial charge < -0.3 is 0 Å². The van der Waals surface area contributed by atoms with Gasteiger partial charge in [-0.25, -0.2) is 4.98 Å². The van der Waals surface area contributed by atoms with Crippen LogP contribution in [0.15, 0.2) is 30.5 Å². The summed E-state index contributed by atoms with van der Waals surface area (Å²) in [5.41, 5.74) is 0.907. The maximum Gasteiger partial charge on any atom is 0.273 e. The summed E-state index contributed by atoms with van der Waals surface area (Å²) in [4.78, 5) is 4.26. The lowest BCUT2D eigenvalue weighted by Crippen LogP contribution is -1.90. The predicted molar refractivity (Wildman–Crippen MR) is 46.1 cm³/mol. The van der Waals surface area contributed by atoms with Crippen molar-refractivity contribution < 1.29 is 0 Å². The first kappa shape index (κ1) is 6.47. The van der Waals surface area contributed by atoms with Crippen molar-refractivity contribution in [3.05, 3.63) is 30.5 Å². The van der Waals surface area contributed by atoms with Gasteiger partial charge >= 0.3 is 0 Å². The van der Waals surface area contributed by atoms with Crippen LogP contribution < -0.4 is 0 Å². The van der Waals surface area contributed by atoms with E-state index in [9.17, 15) is 0 Å². The van der Waals surface area contributed by atoms with Crippen molar-refractivity contribution in [3.63, 3.8) is 0 Å².